The molecule has 7 nitrogen and oxygen atoms in total. The SMILES string of the molecule is CCCCNC(=O)[C@@H](CC)N(Cc1ccc(F)cc1)C(=O)CN(c1cccc(Cl)c1C)S(C)(=O)=O. The first kappa shape index (κ1) is 28.6. The molecule has 0 saturated heterocycles. The minimum atomic E-state index is -3.86. The first-order chi connectivity index (χ1) is 16.5. The first-order valence-electron chi connectivity index (χ1n) is 11.5. The van der Waals surface area contributed by atoms with E-state index < -0.39 is 34.3 Å². The van der Waals surface area contributed by atoms with E-state index in [-0.39, 0.29) is 18.1 Å². The first-order valence-corrected chi connectivity index (χ1v) is 13.8. The maximum Gasteiger partial charge on any atom is 0.244 e. The largest absolute Gasteiger partial charge is 0.354 e. The number of rotatable bonds is 12. The van der Waals surface area contributed by atoms with E-state index in [4.69, 9.17) is 11.6 Å². The molecule has 2 aromatic carbocycles. The summed E-state index contributed by atoms with van der Waals surface area (Å²) in [7, 11) is -3.86. The molecule has 0 fully saturated rings. The molecule has 0 spiro atoms. The van der Waals surface area contributed by atoms with Gasteiger partial charge in [0.15, 0.2) is 0 Å². The lowest BCUT2D eigenvalue weighted by Crippen LogP contribution is -2.52. The van der Waals surface area contributed by atoms with Crippen molar-refractivity contribution in [2.24, 2.45) is 0 Å². The Labute approximate surface area is 212 Å². The van der Waals surface area contributed by atoms with Crippen LogP contribution in [0.4, 0.5) is 10.1 Å². The summed E-state index contributed by atoms with van der Waals surface area (Å²) in [5.41, 5.74) is 1.42. The summed E-state index contributed by atoms with van der Waals surface area (Å²) in [5, 5.41) is 3.22. The van der Waals surface area contributed by atoms with Gasteiger partial charge in [0, 0.05) is 18.1 Å². The molecule has 0 saturated carbocycles. The van der Waals surface area contributed by atoms with Crippen LogP contribution < -0.4 is 9.62 Å². The van der Waals surface area contributed by atoms with Gasteiger partial charge in [0.1, 0.15) is 18.4 Å². The fraction of sp³-hybridized carbons (Fsp3) is 0.440. The average Bonchev–Trinajstić information content (AvgIpc) is 2.80. The number of amides is 2. The van der Waals surface area contributed by atoms with Crippen LogP contribution >= 0.6 is 11.6 Å². The molecule has 0 unspecified atom stereocenters. The zero-order valence-corrected chi connectivity index (χ0v) is 22.1. The summed E-state index contributed by atoms with van der Waals surface area (Å²) in [6, 6.07) is 9.62. The van der Waals surface area contributed by atoms with Crippen LogP contribution in [0.3, 0.4) is 0 Å². The van der Waals surface area contributed by atoms with Crippen molar-refractivity contribution in [3.05, 3.63) is 64.4 Å². The van der Waals surface area contributed by atoms with Crippen LogP contribution in [-0.4, -0.2) is 50.5 Å². The van der Waals surface area contributed by atoms with E-state index in [1.807, 2.05) is 6.92 Å². The molecule has 0 bridgehead atoms. The molecule has 192 valence electrons. The second-order valence-electron chi connectivity index (χ2n) is 8.37. The average molecular weight is 526 g/mol. The molecule has 10 heteroatoms. The van der Waals surface area contributed by atoms with Crippen LogP contribution in [0.1, 0.15) is 44.2 Å². The van der Waals surface area contributed by atoms with Crippen LogP contribution in [0.15, 0.2) is 42.5 Å². The summed E-state index contributed by atoms with van der Waals surface area (Å²) in [5.74, 6) is -1.30. The highest BCUT2D eigenvalue weighted by Crippen LogP contribution is 2.28. The number of carbonyl (C=O) groups is 2. The van der Waals surface area contributed by atoms with Crippen LogP contribution in [0.2, 0.25) is 5.02 Å². The smallest absolute Gasteiger partial charge is 0.244 e. The standard InChI is InChI=1S/C25H33ClFN3O4S/c1-5-7-15-28-25(32)22(6-2)29(16-19-11-13-20(27)14-12-19)24(31)17-30(35(4,33)34)23-10-8-9-21(26)18(23)3/h8-14,22H,5-7,15-17H2,1-4H3,(H,28,32)/t22-/m1/s1. The van der Waals surface area contributed by atoms with E-state index in [0.717, 1.165) is 23.4 Å². The Balaban J connectivity index is 2.43. The van der Waals surface area contributed by atoms with Gasteiger partial charge in [0.2, 0.25) is 21.8 Å². The molecule has 0 aromatic heterocycles. The zero-order valence-electron chi connectivity index (χ0n) is 20.6. The molecule has 0 radical (unpaired) electrons. The second kappa shape index (κ2) is 12.9. The van der Waals surface area contributed by atoms with Gasteiger partial charge in [-0.25, -0.2) is 12.8 Å². The minimum absolute atomic E-state index is 0.0188. The van der Waals surface area contributed by atoms with E-state index >= 15 is 0 Å². The van der Waals surface area contributed by atoms with Gasteiger partial charge in [0.25, 0.3) is 0 Å². The number of nitrogens with zero attached hydrogens (tertiary/aromatic N) is 2. The molecule has 1 atom stereocenters. The van der Waals surface area contributed by atoms with Crippen LogP contribution in [0, 0.1) is 12.7 Å². The molecule has 0 heterocycles. The molecular weight excluding hydrogens is 493 g/mol. The Morgan fingerprint density at radius 2 is 1.77 bits per heavy atom. The lowest BCUT2D eigenvalue weighted by Gasteiger charge is -2.33. The lowest BCUT2D eigenvalue weighted by atomic mass is 10.1. The topological polar surface area (TPSA) is 86.8 Å². The molecule has 2 aromatic rings. The van der Waals surface area contributed by atoms with Crippen LogP contribution in [-0.2, 0) is 26.2 Å². The number of nitrogens with one attached hydrogen (secondary N) is 1. The van der Waals surface area contributed by atoms with Gasteiger partial charge in [-0.05, 0) is 55.2 Å². The van der Waals surface area contributed by atoms with Crippen molar-refractivity contribution in [3.63, 3.8) is 0 Å². The Morgan fingerprint density at radius 3 is 2.34 bits per heavy atom. The van der Waals surface area contributed by atoms with Crippen molar-refractivity contribution >= 4 is 39.1 Å². The Hall–Kier alpha value is -2.65. The summed E-state index contributed by atoms with van der Waals surface area (Å²) in [4.78, 5) is 27.9. The van der Waals surface area contributed by atoms with Crippen molar-refractivity contribution in [1.29, 1.82) is 0 Å². The molecular formula is C25H33ClFN3O4S. The predicted molar refractivity (Wildman–Crippen MR) is 137 cm³/mol. The summed E-state index contributed by atoms with van der Waals surface area (Å²) in [6.07, 6.45) is 3.03. The molecule has 35 heavy (non-hydrogen) atoms. The van der Waals surface area contributed by atoms with Crippen molar-refractivity contribution in [1.82, 2.24) is 10.2 Å². The van der Waals surface area contributed by atoms with E-state index in [9.17, 15) is 22.4 Å². The third-order valence-electron chi connectivity index (χ3n) is 5.67. The molecule has 0 aliphatic carbocycles. The lowest BCUT2D eigenvalue weighted by molar-refractivity contribution is -0.140. The monoisotopic (exact) mass is 525 g/mol. The number of benzene rings is 2. The number of unbranched alkanes of at least 4 members (excludes halogenated alkanes) is 1. The summed E-state index contributed by atoms with van der Waals surface area (Å²) < 4.78 is 39.8. The summed E-state index contributed by atoms with van der Waals surface area (Å²) >= 11 is 6.20. The molecule has 1 N–H and O–H groups in total. The Morgan fingerprint density at radius 1 is 1.11 bits per heavy atom. The highest BCUT2D eigenvalue weighted by atomic mass is 35.5. The fourth-order valence-electron chi connectivity index (χ4n) is 3.67. The van der Waals surface area contributed by atoms with E-state index in [2.05, 4.69) is 5.32 Å². The van der Waals surface area contributed by atoms with Crippen molar-refractivity contribution in [2.75, 3.05) is 23.7 Å². The van der Waals surface area contributed by atoms with Crippen LogP contribution in [0.25, 0.3) is 0 Å². The maximum atomic E-state index is 13.6. The van der Waals surface area contributed by atoms with Gasteiger partial charge in [-0.2, -0.15) is 0 Å². The van der Waals surface area contributed by atoms with Crippen molar-refractivity contribution < 1.29 is 22.4 Å². The second-order valence-corrected chi connectivity index (χ2v) is 10.7. The Bertz CT molecular complexity index is 1130. The zero-order chi connectivity index (χ0) is 26.2. The molecule has 0 aliphatic rings. The number of sulfonamides is 1. The van der Waals surface area contributed by atoms with Gasteiger partial charge in [-0.1, -0.05) is 50.1 Å². The van der Waals surface area contributed by atoms with E-state index in [1.54, 1.807) is 32.0 Å². The minimum Gasteiger partial charge on any atom is -0.354 e. The number of carbonyl (C=O) groups excluding carboxylic acids is 2. The molecule has 2 amide bonds. The van der Waals surface area contributed by atoms with Gasteiger partial charge in [-0.3, -0.25) is 13.9 Å². The number of anilines is 1. The highest BCUT2D eigenvalue weighted by Gasteiger charge is 2.32. The van der Waals surface area contributed by atoms with Crippen LogP contribution in [0.5, 0.6) is 0 Å². The predicted octanol–water partition coefficient (Wildman–Crippen LogP) is 4.28. The van der Waals surface area contributed by atoms with Gasteiger partial charge in [0.05, 0.1) is 11.9 Å². The third kappa shape index (κ3) is 7.93. The van der Waals surface area contributed by atoms with Gasteiger partial charge in [-0.15, -0.1) is 0 Å². The van der Waals surface area contributed by atoms with Gasteiger partial charge < -0.3 is 10.2 Å². The van der Waals surface area contributed by atoms with E-state index in [1.165, 1.54) is 29.2 Å². The molecule has 0 aliphatic heterocycles. The van der Waals surface area contributed by atoms with Crippen molar-refractivity contribution in [3.8, 4) is 0 Å². The normalized spacial score (nSPS) is 12.2. The fourth-order valence-corrected chi connectivity index (χ4v) is 4.74. The van der Waals surface area contributed by atoms with E-state index in [0.29, 0.717) is 29.1 Å². The summed E-state index contributed by atoms with van der Waals surface area (Å²) in [6.45, 7) is 5.44. The van der Waals surface area contributed by atoms with Crippen molar-refractivity contribution in [2.45, 2.75) is 52.6 Å². The highest BCUT2D eigenvalue weighted by molar-refractivity contribution is 7.92. The third-order valence-corrected chi connectivity index (χ3v) is 7.20. The molecule has 2 rings (SSSR count). The Kier molecular flexibility index (Phi) is 10.5. The maximum absolute atomic E-state index is 13.6. The number of hydrogen-bond donors (Lipinski definition) is 1. The quantitative estimate of drug-likeness (QED) is 0.419. The number of halogens is 2. The number of hydrogen-bond acceptors (Lipinski definition) is 4. The van der Waals surface area contributed by atoms with Gasteiger partial charge >= 0.3 is 0 Å².